The molecule has 3 nitrogen and oxygen atoms in total. The second-order valence-corrected chi connectivity index (χ2v) is 3.42. The summed E-state index contributed by atoms with van der Waals surface area (Å²) in [6.07, 6.45) is 4.41. The van der Waals surface area contributed by atoms with Crippen LogP contribution in [0.3, 0.4) is 0 Å². The van der Waals surface area contributed by atoms with E-state index >= 15 is 0 Å². The van der Waals surface area contributed by atoms with E-state index < -0.39 is 0 Å². The van der Waals surface area contributed by atoms with Gasteiger partial charge in [-0.2, -0.15) is 0 Å². The van der Waals surface area contributed by atoms with Gasteiger partial charge in [0.15, 0.2) is 0 Å². The third kappa shape index (κ3) is 13.9. The maximum Gasteiger partial charge on any atom is 0.0466 e. The first-order valence-electron chi connectivity index (χ1n) is 6.15. The molecule has 3 heteroatoms. The minimum atomic E-state index is 0.818. The summed E-state index contributed by atoms with van der Waals surface area (Å²) in [4.78, 5) is 0. The third-order valence-electron chi connectivity index (χ3n) is 2.06. The molecule has 0 aliphatic carbocycles. The van der Waals surface area contributed by atoms with E-state index in [2.05, 4.69) is 0 Å². The molecule has 92 valence electrons. The van der Waals surface area contributed by atoms with Crippen molar-refractivity contribution >= 4 is 0 Å². The highest BCUT2D eigenvalue weighted by Gasteiger charge is 1.91. The van der Waals surface area contributed by atoms with Gasteiger partial charge < -0.3 is 14.2 Å². The van der Waals surface area contributed by atoms with Gasteiger partial charge in [-0.25, -0.2) is 0 Å². The van der Waals surface area contributed by atoms with E-state index in [-0.39, 0.29) is 0 Å². The first kappa shape index (κ1) is 14.9. The predicted molar refractivity (Wildman–Crippen MR) is 62.3 cm³/mol. The molecule has 0 fully saturated rings. The molecule has 0 N–H and O–H groups in total. The number of hydrogen-bond acceptors (Lipinski definition) is 3. The maximum atomic E-state index is 5.48. The second-order valence-electron chi connectivity index (χ2n) is 3.42. The minimum Gasteiger partial charge on any atom is -0.382 e. The van der Waals surface area contributed by atoms with Crippen molar-refractivity contribution in [3.63, 3.8) is 0 Å². The summed E-state index contributed by atoms with van der Waals surface area (Å²) in [6, 6.07) is 0. The van der Waals surface area contributed by atoms with E-state index in [1.807, 2.05) is 13.8 Å². The molecule has 0 aromatic carbocycles. The van der Waals surface area contributed by atoms with Gasteiger partial charge in [-0.15, -0.1) is 0 Å². The van der Waals surface area contributed by atoms with E-state index in [1.165, 1.54) is 0 Å². The van der Waals surface area contributed by atoms with Crippen LogP contribution in [-0.2, 0) is 14.2 Å². The van der Waals surface area contributed by atoms with Crippen LogP contribution in [0.5, 0.6) is 0 Å². The maximum absolute atomic E-state index is 5.48. The van der Waals surface area contributed by atoms with Crippen molar-refractivity contribution in [2.45, 2.75) is 39.5 Å². The average Bonchev–Trinajstić information content (AvgIpc) is 2.26. The smallest absolute Gasteiger partial charge is 0.0466 e. The summed E-state index contributed by atoms with van der Waals surface area (Å²) in [6.45, 7) is 9.14. The Morgan fingerprint density at radius 2 is 0.867 bits per heavy atom. The molecule has 0 heterocycles. The fourth-order valence-electron chi connectivity index (χ4n) is 1.21. The van der Waals surface area contributed by atoms with Crippen LogP contribution >= 0.6 is 0 Å². The summed E-state index contributed by atoms with van der Waals surface area (Å²) in [5.74, 6) is 0. The molecule has 0 amide bonds. The fourth-order valence-corrected chi connectivity index (χ4v) is 1.21. The van der Waals surface area contributed by atoms with Crippen LogP contribution in [-0.4, -0.2) is 39.6 Å². The quantitative estimate of drug-likeness (QED) is 0.471. The third-order valence-corrected chi connectivity index (χ3v) is 2.06. The Morgan fingerprint density at radius 3 is 1.20 bits per heavy atom. The molecule has 15 heavy (non-hydrogen) atoms. The van der Waals surface area contributed by atoms with Gasteiger partial charge in [-0.3, -0.25) is 0 Å². The molecule has 0 bridgehead atoms. The van der Waals surface area contributed by atoms with Gasteiger partial charge in [0.1, 0.15) is 0 Å². The first-order valence-corrected chi connectivity index (χ1v) is 6.15. The molecule has 0 radical (unpaired) electrons. The molecule has 0 saturated heterocycles. The Labute approximate surface area is 94.1 Å². The Balaban J connectivity index is 2.81. The lowest BCUT2D eigenvalue weighted by atomic mass is 10.3. The van der Waals surface area contributed by atoms with Crippen molar-refractivity contribution in [1.29, 1.82) is 0 Å². The van der Waals surface area contributed by atoms with Crippen molar-refractivity contribution in [2.75, 3.05) is 39.6 Å². The zero-order valence-corrected chi connectivity index (χ0v) is 10.3. The van der Waals surface area contributed by atoms with Gasteiger partial charge in [0.05, 0.1) is 0 Å². The standard InChI is InChI=1S/C12H26O3/c1-3-13-9-5-7-11-15-12-8-6-10-14-4-2/h3-12H2,1-2H3. The van der Waals surface area contributed by atoms with Crippen molar-refractivity contribution in [3.8, 4) is 0 Å². The lowest BCUT2D eigenvalue weighted by Crippen LogP contribution is -2.01. The largest absolute Gasteiger partial charge is 0.382 e. The molecule has 0 aromatic rings. The van der Waals surface area contributed by atoms with Crippen LogP contribution < -0.4 is 0 Å². The van der Waals surface area contributed by atoms with Gasteiger partial charge >= 0.3 is 0 Å². The van der Waals surface area contributed by atoms with Gasteiger partial charge in [0.2, 0.25) is 0 Å². The Bertz CT molecular complexity index is 95.0. The van der Waals surface area contributed by atoms with E-state index in [1.54, 1.807) is 0 Å². The number of unbranched alkanes of at least 4 members (excludes halogenated alkanes) is 2. The Kier molecular flexibility index (Phi) is 13.8. The predicted octanol–water partition coefficient (Wildman–Crippen LogP) is 2.64. The van der Waals surface area contributed by atoms with Gasteiger partial charge in [0, 0.05) is 39.6 Å². The van der Waals surface area contributed by atoms with Crippen LogP contribution in [0, 0.1) is 0 Å². The summed E-state index contributed by atoms with van der Waals surface area (Å²) in [5.41, 5.74) is 0. The Hall–Kier alpha value is -0.120. The van der Waals surface area contributed by atoms with E-state index in [0.29, 0.717) is 0 Å². The Morgan fingerprint density at radius 1 is 0.533 bits per heavy atom. The highest BCUT2D eigenvalue weighted by molar-refractivity contribution is 4.40. The van der Waals surface area contributed by atoms with Crippen molar-refractivity contribution in [2.24, 2.45) is 0 Å². The summed E-state index contributed by atoms with van der Waals surface area (Å²) < 4.78 is 15.9. The molecule has 0 aliphatic heterocycles. The summed E-state index contributed by atoms with van der Waals surface area (Å²) >= 11 is 0. The van der Waals surface area contributed by atoms with Crippen LogP contribution in [0.25, 0.3) is 0 Å². The van der Waals surface area contributed by atoms with Crippen molar-refractivity contribution < 1.29 is 14.2 Å². The highest BCUT2D eigenvalue weighted by Crippen LogP contribution is 1.95. The molecule has 0 aliphatic rings. The fraction of sp³-hybridized carbons (Fsp3) is 1.00. The van der Waals surface area contributed by atoms with Crippen LogP contribution in [0.2, 0.25) is 0 Å². The molecule has 0 atom stereocenters. The molecule has 0 rings (SSSR count). The van der Waals surface area contributed by atoms with Gasteiger partial charge in [-0.1, -0.05) is 0 Å². The minimum absolute atomic E-state index is 0.818. The van der Waals surface area contributed by atoms with Crippen LogP contribution in [0.15, 0.2) is 0 Å². The monoisotopic (exact) mass is 218 g/mol. The molecule has 0 saturated carbocycles. The SMILES string of the molecule is CCOCCCCOCCCCOCC. The zero-order chi connectivity index (χ0) is 11.2. The summed E-state index contributed by atoms with van der Waals surface area (Å²) in [7, 11) is 0. The lowest BCUT2D eigenvalue weighted by molar-refractivity contribution is 0.0956. The van der Waals surface area contributed by atoms with E-state index in [4.69, 9.17) is 14.2 Å². The van der Waals surface area contributed by atoms with Crippen LogP contribution in [0.1, 0.15) is 39.5 Å². The number of ether oxygens (including phenoxy) is 3. The van der Waals surface area contributed by atoms with E-state index in [9.17, 15) is 0 Å². The normalized spacial score (nSPS) is 10.8. The second kappa shape index (κ2) is 13.9. The molecule has 0 aromatic heterocycles. The van der Waals surface area contributed by atoms with E-state index in [0.717, 1.165) is 65.3 Å². The van der Waals surface area contributed by atoms with Gasteiger partial charge in [0.25, 0.3) is 0 Å². The van der Waals surface area contributed by atoms with Gasteiger partial charge in [-0.05, 0) is 39.5 Å². The van der Waals surface area contributed by atoms with Crippen molar-refractivity contribution in [3.05, 3.63) is 0 Å². The lowest BCUT2D eigenvalue weighted by Gasteiger charge is -2.04. The first-order chi connectivity index (χ1) is 7.41. The molecule has 0 spiro atoms. The van der Waals surface area contributed by atoms with Crippen LogP contribution in [0.4, 0.5) is 0 Å². The average molecular weight is 218 g/mol. The topological polar surface area (TPSA) is 27.7 Å². The summed E-state index contributed by atoms with van der Waals surface area (Å²) in [5, 5.41) is 0. The molecule has 0 unspecified atom stereocenters. The molecular weight excluding hydrogens is 192 g/mol. The molecular formula is C12H26O3. The van der Waals surface area contributed by atoms with Crippen molar-refractivity contribution in [1.82, 2.24) is 0 Å². The highest BCUT2D eigenvalue weighted by atomic mass is 16.5. The number of hydrogen-bond donors (Lipinski definition) is 0. The number of rotatable bonds is 12. The zero-order valence-electron chi connectivity index (χ0n) is 10.3.